The number of nitrogens with zero attached hydrogens (tertiary/aromatic N) is 1. The summed E-state index contributed by atoms with van der Waals surface area (Å²) in [7, 11) is 0. The number of hydrogen-bond acceptors (Lipinski definition) is 2. The van der Waals surface area contributed by atoms with E-state index in [4.69, 9.17) is 0 Å². The molecular weight excluding hydrogens is 184 g/mol. The van der Waals surface area contributed by atoms with E-state index in [1.165, 1.54) is 51.7 Å². The van der Waals surface area contributed by atoms with Crippen molar-refractivity contribution >= 4 is 0 Å². The molecule has 2 aliphatic rings. The Morgan fingerprint density at radius 1 is 1.27 bits per heavy atom. The van der Waals surface area contributed by atoms with Crippen LogP contribution in [0.4, 0.5) is 0 Å². The molecule has 2 aliphatic heterocycles. The smallest absolute Gasteiger partial charge is 0.0220 e. The van der Waals surface area contributed by atoms with E-state index in [0.717, 1.165) is 18.0 Å². The van der Waals surface area contributed by atoms with Gasteiger partial charge in [-0.3, -0.25) is 4.90 Å². The molecule has 0 spiro atoms. The van der Waals surface area contributed by atoms with Gasteiger partial charge in [0.05, 0.1) is 0 Å². The molecule has 3 unspecified atom stereocenters. The summed E-state index contributed by atoms with van der Waals surface area (Å²) < 4.78 is 0. The maximum Gasteiger partial charge on any atom is 0.0220 e. The third-order valence-corrected chi connectivity index (χ3v) is 4.33. The molecule has 3 atom stereocenters. The van der Waals surface area contributed by atoms with Gasteiger partial charge >= 0.3 is 0 Å². The van der Waals surface area contributed by atoms with Crippen molar-refractivity contribution in [3.63, 3.8) is 0 Å². The molecule has 15 heavy (non-hydrogen) atoms. The lowest BCUT2D eigenvalue weighted by molar-refractivity contribution is 0.177. The molecule has 0 amide bonds. The summed E-state index contributed by atoms with van der Waals surface area (Å²) in [5, 5.41) is 3.70. The molecule has 1 N–H and O–H groups in total. The zero-order valence-electron chi connectivity index (χ0n) is 10.3. The SMILES string of the molecule is CCC1CCCN1CC1NCCCC1C. The van der Waals surface area contributed by atoms with Crippen molar-refractivity contribution in [3.8, 4) is 0 Å². The van der Waals surface area contributed by atoms with Gasteiger partial charge in [-0.25, -0.2) is 0 Å². The minimum absolute atomic E-state index is 0.755. The van der Waals surface area contributed by atoms with Crippen LogP contribution in [0.5, 0.6) is 0 Å². The average Bonchev–Trinajstić information content (AvgIpc) is 2.69. The lowest BCUT2D eigenvalue weighted by atomic mass is 9.92. The van der Waals surface area contributed by atoms with Gasteiger partial charge in [0.15, 0.2) is 0 Å². The van der Waals surface area contributed by atoms with Crippen LogP contribution in [0.2, 0.25) is 0 Å². The Labute approximate surface area is 94.4 Å². The zero-order chi connectivity index (χ0) is 10.7. The highest BCUT2D eigenvalue weighted by Gasteiger charge is 2.28. The second-order valence-electron chi connectivity index (χ2n) is 5.38. The van der Waals surface area contributed by atoms with Crippen molar-refractivity contribution in [2.45, 2.75) is 58.0 Å². The lowest BCUT2D eigenvalue weighted by Gasteiger charge is -2.35. The van der Waals surface area contributed by atoms with Crippen LogP contribution in [0.25, 0.3) is 0 Å². The van der Waals surface area contributed by atoms with E-state index in [-0.39, 0.29) is 0 Å². The Hall–Kier alpha value is -0.0800. The van der Waals surface area contributed by atoms with E-state index in [9.17, 15) is 0 Å². The summed E-state index contributed by atoms with van der Waals surface area (Å²) in [4.78, 5) is 2.72. The highest BCUT2D eigenvalue weighted by molar-refractivity contribution is 4.86. The molecule has 0 aliphatic carbocycles. The van der Waals surface area contributed by atoms with Crippen LogP contribution >= 0.6 is 0 Å². The summed E-state index contributed by atoms with van der Waals surface area (Å²) >= 11 is 0. The van der Waals surface area contributed by atoms with Gasteiger partial charge in [0.25, 0.3) is 0 Å². The van der Waals surface area contributed by atoms with Crippen molar-refractivity contribution in [2.75, 3.05) is 19.6 Å². The standard InChI is InChI=1S/C13H26N2/c1-3-12-7-5-9-15(12)10-13-11(2)6-4-8-14-13/h11-14H,3-10H2,1-2H3. The van der Waals surface area contributed by atoms with Gasteiger partial charge in [0.2, 0.25) is 0 Å². The van der Waals surface area contributed by atoms with Crippen molar-refractivity contribution in [1.82, 2.24) is 10.2 Å². The van der Waals surface area contributed by atoms with Crippen LogP contribution < -0.4 is 5.32 Å². The van der Waals surface area contributed by atoms with E-state index in [1.54, 1.807) is 0 Å². The fraction of sp³-hybridized carbons (Fsp3) is 1.00. The molecule has 2 heterocycles. The molecule has 0 aromatic carbocycles. The maximum absolute atomic E-state index is 3.70. The Morgan fingerprint density at radius 2 is 2.13 bits per heavy atom. The number of rotatable bonds is 3. The van der Waals surface area contributed by atoms with Crippen molar-refractivity contribution in [3.05, 3.63) is 0 Å². The van der Waals surface area contributed by atoms with E-state index in [1.807, 2.05) is 0 Å². The molecule has 0 aromatic heterocycles. The van der Waals surface area contributed by atoms with E-state index in [0.29, 0.717) is 0 Å². The first kappa shape index (κ1) is 11.4. The molecule has 2 saturated heterocycles. The van der Waals surface area contributed by atoms with Gasteiger partial charge in [-0.05, 0) is 51.1 Å². The summed E-state index contributed by atoms with van der Waals surface area (Å²) in [6.07, 6.45) is 6.97. The second-order valence-corrected chi connectivity index (χ2v) is 5.38. The van der Waals surface area contributed by atoms with Crippen LogP contribution in [0.1, 0.15) is 46.0 Å². The topological polar surface area (TPSA) is 15.3 Å². The molecule has 88 valence electrons. The van der Waals surface area contributed by atoms with E-state index < -0.39 is 0 Å². The normalized spacial score (nSPS) is 38.4. The first-order valence-electron chi connectivity index (χ1n) is 6.78. The second kappa shape index (κ2) is 5.31. The largest absolute Gasteiger partial charge is 0.312 e. The number of piperidine rings is 1. The third kappa shape index (κ3) is 2.73. The van der Waals surface area contributed by atoms with Gasteiger partial charge in [0, 0.05) is 18.6 Å². The summed E-state index contributed by atoms with van der Waals surface area (Å²) in [6, 6.07) is 1.63. The Morgan fingerprint density at radius 3 is 2.87 bits per heavy atom. The van der Waals surface area contributed by atoms with Gasteiger partial charge in [-0.1, -0.05) is 13.8 Å². The maximum atomic E-state index is 3.70. The Bertz CT molecular complexity index is 193. The minimum Gasteiger partial charge on any atom is -0.312 e. The predicted octanol–water partition coefficient (Wildman–Crippen LogP) is 2.25. The molecule has 0 bridgehead atoms. The Balaban J connectivity index is 1.84. The zero-order valence-corrected chi connectivity index (χ0v) is 10.3. The van der Waals surface area contributed by atoms with Crippen LogP contribution in [0.15, 0.2) is 0 Å². The molecule has 0 aromatic rings. The van der Waals surface area contributed by atoms with Crippen molar-refractivity contribution in [1.29, 1.82) is 0 Å². The number of hydrogen-bond donors (Lipinski definition) is 1. The van der Waals surface area contributed by atoms with Crippen LogP contribution in [-0.4, -0.2) is 36.6 Å². The summed E-state index contributed by atoms with van der Waals surface area (Å²) in [5.74, 6) is 0.872. The fourth-order valence-corrected chi connectivity index (χ4v) is 3.21. The van der Waals surface area contributed by atoms with Crippen LogP contribution in [0.3, 0.4) is 0 Å². The van der Waals surface area contributed by atoms with Crippen LogP contribution in [-0.2, 0) is 0 Å². The molecule has 2 nitrogen and oxygen atoms in total. The summed E-state index contributed by atoms with van der Waals surface area (Å²) in [6.45, 7) is 8.61. The van der Waals surface area contributed by atoms with Gasteiger partial charge in [-0.15, -0.1) is 0 Å². The first-order chi connectivity index (χ1) is 7.31. The highest BCUT2D eigenvalue weighted by Crippen LogP contribution is 2.23. The number of likely N-dealkylation sites (tertiary alicyclic amines) is 1. The third-order valence-electron chi connectivity index (χ3n) is 4.33. The quantitative estimate of drug-likeness (QED) is 0.768. The highest BCUT2D eigenvalue weighted by atomic mass is 15.2. The summed E-state index contributed by atoms with van der Waals surface area (Å²) in [5.41, 5.74) is 0. The Kier molecular flexibility index (Phi) is 4.04. The van der Waals surface area contributed by atoms with Crippen molar-refractivity contribution in [2.24, 2.45) is 5.92 Å². The minimum atomic E-state index is 0.755. The van der Waals surface area contributed by atoms with Gasteiger partial charge in [-0.2, -0.15) is 0 Å². The first-order valence-corrected chi connectivity index (χ1v) is 6.78. The molecule has 2 fully saturated rings. The van der Waals surface area contributed by atoms with E-state index >= 15 is 0 Å². The number of nitrogens with one attached hydrogen (secondary N) is 1. The molecule has 2 rings (SSSR count). The molecule has 2 heteroatoms. The fourth-order valence-electron chi connectivity index (χ4n) is 3.21. The molecule has 0 radical (unpaired) electrons. The monoisotopic (exact) mass is 210 g/mol. The molecule has 0 saturated carbocycles. The predicted molar refractivity (Wildman–Crippen MR) is 65.1 cm³/mol. The van der Waals surface area contributed by atoms with E-state index in [2.05, 4.69) is 24.1 Å². The average molecular weight is 210 g/mol. The molecular formula is C13H26N2. The van der Waals surface area contributed by atoms with Crippen molar-refractivity contribution < 1.29 is 0 Å². The van der Waals surface area contributed by atoms with Crippen LogP contribution in [0, 0.1) is 5.92 Å². The lowest BCUT2D eigenvalue weighted by Crippen LogP contribution is -2.48. The van der Waals surface area contributed by atoms with Gasteiger partial charge < -0.3 is 5.32 Å². The van der Waals surface area contributed by atoms with Gasteiger partial charge in [0.1, 0.15) is 0 Å².